The summed E-state index contributed by atoms with van der Waals surface area (Å²) in [6, 6.07) is 0. The Morgan fingerprint density at radius 1 is 1.33 bits per heavy atom. The van der Waals surface area contributed by atoms with Crippen molar-refractivity contribution in [3.05, 3.63) is 10.6 Å². The Kier molecular flexibility index (Phi) is 4.69. The highest BCUT2D eigenvalue weighted by molar-refractivity contribution is 7.15. The van der Waals surface area contributed by atoms with Gasteiger partial charge in [-0.05, 0) is 53.4 Å². The van der Waals surface area contributed by atoms with Crippen LogP contribution >= 0.6 is 11.3 Å². The molecule has 0 spiro atoms. The Hall–Kier alpha value is -0.610. The first kappa shape index (κ1) is 16.8. The fourth-order valence-electron chi connectivity index (χ4n) is 2.85. The minimum atomic E-state index is 0.144. The average molecular weight is 310 g/mol. The Balaban J connectivity index is 2.25. The van der Waals surface area contributed by atoms with Crippen molar-refractivity contribution in [1.29, 1.82) is 0 Å². The quantitative estimate of drug-likeness (QED) is 0.885. The maximum absolute atomic E-state index is 4.99. The second-order valence-electron chi connectivity index (χ2n) is 8.13. The molecule has 1 aliphatic heterocycles. The molecule has 0 radical (unpaired) electrons. The third-order valence-corrected chi connectivity index (χ3v) is 5.27. The highest BCUT2D eigenvalue weighted by Gasteiger charge is 2.34. The van der Waals surface area contributed by atoms with E-state index in [-0.39, 0.29) is 11.1 Å². The third-order valence-electron chi connectivity index (χ3n) is 4.17. The van der Waals surface area contributed by atoms with Crippen molar-refractivity contribution in [3.8, 4) is 0 Å². The smallest absolute Gasteiger partial charge is 0.186 e. The molecule has 0 saturated carbocycles. The summed E-state index contributed by atoms with van der Waals surface area (Å²) in [5, 5.41) is 4.82. The molecule has 1 aromatic heterocycles. The highest BCUT2D eigenvalue weighted by Crippen LogP contribution is 2.38. The second-order valence-corrected chi connectivity index (χ2v) is 9.19. The molecule has 2 rings (SSSR count). The normalized spacial score (nSPS) is 18.8. The lowest BCUT2D eigenvalue weighted by Crippen LogP contribution is -2.38. The number of hydrogen-bond donors (Lipinski definition) is 1. The SMILES string of the molecule is CC(C)c1nc(N2CCCC2(C)C)sc1CNC(C)(C)C. The number of nitrogens with zero attached hydrogens (tertiary/aromatic N) is 2. The summed E-state index contributed by atoms with van der Waals surface area (Å²) >= 11 is 1.88. The summed E-state index contributed by atoms with van der Waals surface area (Å²) in [6.07, 6.45) is 2.54. The van der Waals surface area contributed by atoms with Crippen molar-refractivity contribution in [1.82, 2.24) is 10.3 Å². The first-order valence-corrected chi connectivity index (χ1v) is 8.94. The topological polar surface area (TPSA) is 28.2 Å². The van der Waals surface area contributed by atoms with Crippen LogP contribution in [-0.4, -0.2) is 22.6 Å². The van der Waals surface area contributed by atoms with Gasteiger partial charge in [0, 0.05) is 29.0 Å². The van der Waals surface area contributed by atoms with Crippen molar-refractivity contribution in [2.45, 2.75) is 84.8 Å². The molecule has 1 saturated heterocycles. The van der Waals surface area contributed by atoms with Crippen LogP contribution in [0.25, 0.3) is 0 Å². The number of anilines is 1. The van der Waals surface area contributed by atoms with Crippen LogP contribution in [0.15, 0.2) is 0 Å². The summed E-state index contributed by atoms with van der Waals surface area (Å²) in [7, 11) is 0. The lowest BCUT2D eigenvalue weighted by Gasteiger charge is -2.31. The van der Waals surface area contributed by atoms with Crippen LogP contribution < -0.4 is 10.2 Å². The van der Waals surface area contributed by atoms with E-state index in [4.69, 9.17) is 4.98 Å². The third kappa shape index (κ3) is 3.98. The zero-order valence-corrected chi connectivity index (χ0v) is 15.5. The summed E-state index contributed by atoms with van der Waals surface area (Å²) in [5.74, 6) is 0.484. The van der Waals surface area contributed by atoms with Crippen molar-refractivity contribution in [2.24, 2.45) is 0 Å². The predicted octanol–water partition coefficient (Wildman–Crippen LogP) is 4.53. The van der Waals surface area contributed by atoms with Crippen molar-refractivity contribution in [3.63, 3.8) is 0 Å². The van der Waals surface area contributed by atoms with Gasteiger partial charge in [0.15, 0.2) is 5.13 Å². The predicted molar refractivity (Wildman–Crippen MR) is 93.5 cm³/mol. The van der Waals surface area contributed by atoms with E-state index in [1.807, 2.05) is 11.3 Å². The molecule has 1 aromatic rings. The van der Waals surface area contributed by atoms with Gasteiger partial charge in [0.05, 0.1) is 5.69 Å². The molecule has 1 fully saturated rings. The van der Waals surface area contributed by atoms with Crippen molar-refractivity contribution in [2.75, 3.05) is 11.4 Å². The number of hydrogen-bond acceptors (Lipinski definition) is 4. The zero-order chi connectivity index (χ0) is 15.8. The lowest BCUT2D eigenvalue weighted by atomic mass is 10.0. The summed E-state index contributed by atoms with van der Waals surface area (Å²) in [4.78, 5) is 8.90. The van der Waals surface area contributed by atoms with Crippen LogP contribution in [-0.2, 0) is 6.54 Å². The van der Waals surface area contributed by atoms with Gasteiger partial charge in [0.1, 0.15) is 0 Å². The van der Waals surface area contributed by atoms with Crippen LogP contribution in [0.2, 0.25) is 0 Å². The summed E-state index contributed by atoms with van der Waals surface area (Å²) < 4.78 is 0. The fourth-order valence-corrected chi connectivity index (χ4v) is 4.19. The molecule has 0 aliphatic carbocycles. The molecule has 4 heteroatoms. The largest absolute Gasteiger partial charge is 0.343 e. The molecular formula is C17H31N3S. The van der Waals surface area contributed by atoms with Gasteiger partial charge in [-0.3, -0.25) is 0 Å². The molecule has 1 N–H and O–H groups in total. The van der Waals surface area contributed by atoms with Crippen LogP contribution in [0.1, 0.15) is 77.8 Å². The molecule has 21 heavy (non-hydrogen) atoms. The monoisotopic (exact) mass is 309 g/mol. The molecule has 0 aromatic carbocycles. The van der Waals surface area contributed by atoms with E-state index in [0.29, 0.717) is 5.92 Å². The van der Waals surface area contributed by atoms with E-state index in [9.17, 15) is 0 Å². The van der Waals surface area contributed by atoms with E-state index < -0.39 is 0 Å². The van der Waals surface area contributed by atoms with E-state index in [1.165, 1.54) is 28.5 Å². The van der Waals surface area contributed by atoms with E-state index in [2.05, 4.69) is 58.7 Å². The fraction of sp³-hybridized carbons (Fsp3) is 0.824. The van der Waals surface area contributed by atoms with E-state index in [0.717, 1.165) is 13.1 Å². The lowest BCUT2D eigenvalue weighted by molar-refractivity contribution is 0.425. The number of nitrogens with one attached hydrogen (secondary N) is 1. The minimum Gasteiger partial charge on any atom is -0.343 e. The molecule has 0 amide bonds. The maximum Gasteiger partial charge on any atom is 0.186 e. The Bertz CT molecular complexity index is 483. The van der Waals surface area contributed by atoms with Crippen molar-refractivity contribution < 1.29 is 0 Å². The minimum absolute atomic E-state index is 0.144. The molecule has 3 nitrogen and oxygen atoms in total. The molecule has 1 aliphatic rings. The second kappa shape index (κ2) is 5.88. The Morgan fingerprint density at radius 2 is 2.00 bits per heavy atom. The number of rotatable bonds is 4. The van der Waals surface area contributed by atoms with Crippen LogP contribution in [0, 0.1) is 0 Å². The van der Waals surface area contributed by atoms with Gasteiger partial charge in [-0.1, -0.05) is 13.8 Å². The number of thiazole rings is 1. The van der Waals surface area contributed by atoms with Gasteiger partial charge in [0.25, 0.3) is 0 Å². The van der Waals surface area contributed by atoms with Gasteiger partial charge in [0.2, 0.25) is 0 Å². The van der Waals surface area contributed by atoms with Crippen molar-refractivity contribution >= 4 is 16.5 Å². The van der Waals surface area contributed by atoms with Crippen LogP contribution in [0.3, 0.4) is 0 Å². The molecule has 0 atom stereocenters. The Morgan fingerprint density at radius 3 is 2.48 bits per heavy atom. The van der Waals surface area contributed by atoms with Gasteiger partial charge in [-0.2, -0.15) is 0 Å². The van der Waals surface area contributed by atoms with Gasteiger partial charge in [-0.25, -0.2) is 4.98 Å². The van der Waals surface area contributed by atoms with E-state index >= 15 is 0 Å². The van der Waals surface area contributed by atoms with E-state index in [1.54, 1.807) is 0 Å². The molecule has 0 bridgehead atoms. The standard InChI is InChI=1S/C17H31N3S/c1-12(2)14-13(11-18-16(3,4)5)21-15(19-14)20-10-8-9-17(20,6)7/h12,18H,8-11H2,1-7H3. The van der Waals surface area contributed by atoms with Gasteiger partial charge in [-0.15, -0.1) is 11.3 Å². The highest BCUT2D eigenvalue weighted by atomic mass is 32.1. The average Bonchev–Trinajstić information content (AvgIpc) is 2.88. The molecule has 0 unspecified atom stereocenters. The van der Waals surface area contributed by atoms with Gasteiger partial charge < -0.3 is 10.2 Å². The maximum atomic E-state index is 4.99. The zero-order valence-electron chi connectivity index (χ0n) is 14.7. The Labute approximate surface area is 134 Å². The summed E-state index contributed by atoms with van der Waals surface area (Å²) in [5.41, 5.74) is 1.67. The molecular weight excluding hydrogens is 278 g/mol. The molecule has 120 valence electrons. The first-order chi connectivity index (χ1) is 9.60. The summed E-state index contributed by atoms with van der Waals surface area (Å²) in [6.45, 7) is 17.9. The number of aromatic nitrogens is 1. The van der Waals surface area contributed by atoms with Crippen LogP contribution in [0.4, 0.5) is 5.13 Å². The van der Waals surface area contributed by atoms with Crippen LogP contribution in [0.5, 0.6) is 0 Å². The first-order valence-electron chi connectivity index (χ1n) is 8.12. The molecule has 2 heterocycles. The van der Waals surface area contributed by atoms with Gasteiger partial charge >= 0.3 is 0 Å².